The average molecular weight is 259 g/mol. The molecular formula is C15H11ClO2. The first-order chi connectivity index (χ1) is 8.34. The third kappa shape index (κ3) is 2.15. The van der Waals surface area contributed by atoms with Crippen molar-refractivity contribution in [1.82, 2.24) is 0 Å². The summed E-state index contributed by atoms with van der Waals surface area (Å²) in [5.41, 5.74) is 1.53. The van der Waals surface area contributed by atoms with Crippen LogP contribution in [0.3, 0.4) is 0 Å². The fourth-order valence-corrected chi connectivity index (χ4v) is 1.85. The number of halogens is 1. The highest BCUT2D eigenvalue weighted by Gasteiger charge is 2.05. The van der Waals surface area contributed by atoms with Crippen LogP contribution in [0, 0.1) is 0 Å². The van der Waals surface area contributed by atoms with E-state index in [1.165, 1.54) is 6.07 Å². The Labute approximate surface area is 110 Å². The average Bonchev–Trinajstić information content (AvgIpc) is 2.40. The molecule has 0 spiro atoms. The van der Waals surface area contributed by atoms with E-state index in [0.717, 1.165) is 5.56 Å². The van der Waals surface area contributed by atoms with Crippen LogP contribution < -0.4 is 5.43 Å². The minimum absolute atomic E-state index is 0. The molecule has 2 aromatic carbocycles. The molecule has 0 saturated heterocycles. The molecule has 3 aromatic rings. The molecule has 3 heteroatoms. The highest BCUT2D eigenvalue weighted by molar-refractivity contribution is 5.85. The Bertz CT molecular complexity index is 717. The molecule has 0 bridgehead atoms. The summed E-state index contributed by atoms with van der Waals surface area (Å²) in [6, 6.07) is 18.4. The zero-order chi connectivity index (χ0) is 11.7. The topological polar surface area (TPSA) is 30.2 Å². The van der Waals surface area contributed by atoms with Crippen molar-refractivity contribution in [3.8, 4) is 11.3 Å². The van der Waals surface area contributed by atoms with Gasteiger partial charge in [-0.25, -0.2) is 0 Å². The summed E-state index contributed by atoms with van der Waals surface area (Å²) in [5, 5.41) is 0.618. The van der Waals surface area contributed by atoms with Crippen LogP contribution in [0.2, 0.25) is 0 Å². The molecule has 0 saturated carbocycles. The van der Waals surface area contributed by atoms with Gasteiger partial charge in [0.1, 0.15) is 11.3 Å². The largest absolute Gasteiger partial charge is 0.456 e. The predicted molar refractivity (Wildman–Crippen MR) is 75.2 cm³/mol. The summed E-state index contributed by atoms with van der Waals surface area (Å²) in [6.07, 6.45) is 0. The number of para-hydroxylation sites is 1. The second-order valence-electron chi connectivity index (χ2n) is 3.84. The van der Waals surface area contributed by atoms with Gasteiger partial charge in [0.05, 0.1) is 5.39 Å². The molecule has 2 nitrogen and oxygen atoms in total. The number of hydrogen-bond donors (Lipinski definition) is 0. The standard InChI is InChI=1S/C15H10O2.ClH/c16-13-10-15(11-6-2-1-3-7-11)17-14-9-5-4-8-12(13)14;/h1-10H;1H. The van der Waals surface area contributed by atoms with E-state index >= 15 is 0 Å². The lowest BCUT2D eigenvalue weighted by Gasteiger charge is -2.02. The first kappa shape index (κ1) is 12.4. The Morgan fingerprint density at radius 3 is 2.28 bits per heavy atom. The van der Waals surface area contributed by atoms with Crippen LogP contribution >= 0.6 is 12.4 Å². The Balaban J connectivity index is 0.00000120. The summed E-state index contributed by atoms with van der Waals surface area (Å²) in [7, 11) is 0. The molecular weight excluding hydrogens is 248 g/mol. The molecule has 0 aliphatic carbocycles. The number of hydrogen-bond acceptors (Lipinski definition) is 2. The lowest BCUT2D eigenvalue weighted by Crippen LogP contribution is -1.99. The lowest BCUT2D eigenvalue weighted by molar-refractivity contribution is 0.619. The molecule has 0 unspecified atom stereocenters. The van der Waals surface area contributed by atoms with Gasteiger partial charge in [-0.1, -0.05) is 42.5 Å². The first-order valence-electron chi connectivity index (χ1n) is 5.43. The Kier molecular flexibility index (Phi) is 3.49. The van der Waals surface area contributed by atoms with E-state index in [2.05, 4.69) is 0 Å². The van der Waals surface area contributed by atoms with Crippen molar-refractivity contribution in [2.75, 3.05) is 0 Å². The van der Waals surface area contributed by atoms with Crippen LogP contribution in [-0.4, -0.2) is 0 Å². The minimum Gasteiger partial charge on any atom is -0.456 e. The van der Waals surface area contributed by atoms with Crippen molar-refractivity contribution in [1.29, 1.82) is 0 Å². The summed E-state index contributed by atoms with van der Waals surface area (Å²) in [4.78, 5) is 11.9. The predicted octanol–water partition coefficient (Wildman–Crippen LogP) is 3.88. The number of fused-ring (bicyclic) bond motifs is 1. The summed E-state index contributed by atoms with van der Waals surface area (Å²) >= 11 is 0. The quantitative estimate of drug-likeness (QED) is 0.663. The van der Waals surface area contributed by atoms with Gasteiger partial charge in [-0.2, -0.15) is 0 Å². The molecule has 0 N–H and O–H groups in total. The van der Waals surface area contributed by atoms with E-state index in [1.807, 2.05) is 48.5 Å². The van der Waals surface area contributed by atoms with E-state index in [9.17, 15) is 4.79 Å². The Morgan fingerprint density at radius 2 is 1.50 bits per heavy atom. The monoisotopic (exact) mass is 258 g/mol. The molecule has 0 radical (unpaired) electrons. The van der Waals surface area contributed by atoms with Crippen LogP contribution in [-0.2, 0) is 0 Å². The smallest absolute Gasteiger partial charge is 0.193 e. The third-order valence-corrected chi connectivity index (χ3v) is 2.69. The van der Waals surface area contributed by atoms with E-state index in [4.69, 9.17) is 4.42 Å². The highest BCUT2D eigenvalue weighted by Crippen LogP contribution is 2.21. The van der Waals surface area contributed by atoms with Gasteiger partial charge < -0.3 is 4.42 Å². The maximum absolute atomic E-state index is 11.9. The zero-order valence-electron chi connectivity index (χ0n) is 9.50. The van der Waals surface area contributed by atoms with Crippen LogP contribution in [0.5, 0.6) is 0 Å². The fourth-order valence-electron chi connectivity index (χ4n) is 1.85. The zero-order valence-corrected chi connectivity index (χ0v) is 10.3. The second-order valence-corrected chi connectivity index (χ2v) is 3.84. The van der Waals surface area contributed by atoms with E-state index in [1.54, 1.807) is 6.07 Å². The van der Waals surface area contributed by atoms with Crippen molar-refractivity contribution in [3.63, 3.8) is 0 Å². The number of rotatable bonds is 1. The fraction of sp³-hybridized carbons (Fsp3) is 0. The molecule has 0 fully saturated rings. The molecule has 18 heavy (non-hydrogen) atoms. The van der Waals surface area contributed by atoms with Crippen molar-refractivity contribution in [3.05, 3.63) is 70.9 Å². The van der Waals surface area contributed by atoms with Gasteiger partial charge in [-0.05, 0) is 12.1 Å². The van der Waals surface area contributed by atoms with E-state index in [0.29, 0.717) is 16.7 Å². The van der Waals surface area contributed by atoms with Gasteiger partial charge in [-0.15, -0.1) is 12.4 Å². The normalized spacial score (nSPS) is 10.0. The van der Waals surface area contributed by atoms with Gasteiger partial charge in [-0.3, -0.25) is 4.79 Å². The summed E-state index contributed by atoms with van der Waals surface area (Å²) in [5.74, 6) is 0.606. The van der Waals surface area contributed by atoms with Crippen molar-refractivity contribution >= 4 is 23.4 Å². The van der Waals surface area contributed by atoms with Gasteiger partial charge >= 0.3 is 0 Å². The van der Waals surface area contributed by atoms with Crippen molar-refractivity contribution < 1.29 is 4.42 Å². The SMILES string of the molecule is Cl.O=c1cc(-c2ccccc2)oc2ccccc12. The first-order valence-corrected chi connectivity index (χ1v) is 5.43. The minimum atomic E-state index is -0.00861. The maximum atomic E-state index is 11.9. The van der Waals surface area contributed by atoms with Crippen molar-refractivity contribution in [2.24, 2.45) is 0 Å². The molecule has 3 rings (SSSR count). The van der Waals surface area contributed by atoms with E-state index in [-0.39, 0.29) is 17.8 Å². The van der Waals surface area contributed by atoms with Crippen LogP contribution in [0.25, 0.3) is 22.3 Å². The summed E-state index contributed by atoms with van der Waals surface area (Å²) < 4.78 is 5.73. The molecule has 0 aliphatic rings. The third-order valence-electron chi connectivity index (χ3n) is 2.69. The van der Waals surface area contributed by atoms with Crippen molar-refractivity contribution in [2.45, 2.75) is 0 Å². The molecule has 1 heterocycles. The van der Waals surface area contributed by atoms with E-state index < -0.39 is 0 Å². The van der Waals surface area contributed by atoms with Gasteiger partial charge in [0.25, 0.3) is 0 Å². The Morgan fingerprint density at radius 1 is 0.833 bits per heavy atom. The molecule has 90 valence electrons. The molecule has 0 amide bonds. The van der Waals surface area contributed by atoms with Crippen LogP contribution in [0.1, 0.15) is 0 Å². The van der Waals surface area contributed by atoms with Gasteiger partial charge in [0, 0.05) is 11.6 Å². The highest BCUT2D eigenvalue weighted by atomic mass is 35.5. The molecule has 1 aromatic heterocycles. The van der Waals surface area contributed by atoms with Crippen LogP contribution in [0.4, 0.5) is 0 Å². The molecule has 0 aliphatic heterocycles. The molecule has 0 atom stereocenters. The van der Waals surface area contributed by atoms with Crippen LogP contribution in [0.15, 0.2) is 69.9 Å². The second kappa shape index (κ2) is 5.07. The maximum Gasteiger partial charge on any atom is 0.193 e. The van der Waals surface area contributed by atoms with Gasteiger partial charge in [0.2, 0.25) is 0 Å². The summed E-state index contributed by atoms with van der Waals surface area (Å²) in [6.45, 7) is 0. The van der Waals surface area contributed by atoms with Gasteiger partial charge in [0.15, 0.2) is 5.43 Å². The number of benzene rings is 2. The Hall–Kier alpha value is -2.06. The lowest BCUT2D eigenvalue weighted by atomic mass is 10.1.